The number of hydrogen-bond donors (Lipinski definition) is 0. The minimum Gasteiger partial charge on any atom is -0.372 e. The molecule has 1 aromatic rings. The van der Waals surface area contributed by atoms with E-state index in [4.69, 9.17) is 4.99 Å². The van der Waals surface area contributed by atoms with E-state index in [1.54, 1.807) is 0 Å². The quantitative estimate of drug-likeness (QED) is 0.234. The number of allylic oxidation sites excluding steroid dienone is 3. The lowest BCUT2D eigenvalue weighted by Crippen LogP contribution is -2.30. The summed E-state index contributed by atoms with van der Waals surface area (Å²) in [7, 11) is 17.2. The SMILES string of the molecule is CN(C)CCCN(CCCN(C)C)C1=CCC(=Nc2ccc(N(CCCN(C)C)CCCN(C)C)cc2[SH2+])C=C1. The van der Waals surface area contributed by atoms with Gasteiger partial charge < -0.3 is 29.4 Å². The molecule has 0 atom stereocenters. The molecule has 0 spiro atoms. The van der Waals surface area contributed by atoms with Crippen LogP contribution in [-0.4, -0.2) is 139 Å². The van der Waals surface area contributed by atoms with Gasteiger partial charge in [-0.3, -0.25) is 0 Å². The molecule has 0 fully saturated rings. The van der Waals surface area contributed by atoms with Gasteiger partial charge in [-0.05, 0) is 145 Å². The maximum Gasteiger partial charge on any atom is 0.178 e. The highest BCUT2D eigenvalue weighted by molar-refractivity contribution is 7.59. The fourth-order valence-corrected chi connectivity index (χ4v) is 5.16. The first-order chi connectivity index (χ1) is 19.0. The van der Waals surface area contributed by atoms with E-state index in [1.165, 1.54) is 24.2 Å². The van der Waals surface area contributed by atoms with Crippen molar-refractivity contribution in [3.63, 3.8) is 0 Å². The first-order valence-corrected chi connectivity index (χ1v) is 15.5. The molecule has 0 amide bonds. The van der Waals surface area contributed by atoms with Crippen molar-refractivity contribution in [2.45, 2.75) is 37.0 Å². The zero-order valence-electron chi connectivity index (χ0n) is 26.8. The number of benzene rings is 1. The highest BCUT2D eigenvalue weighted by Gasteiger charge is 2.14. The van der Waals surface area contributed by atoms with Crippen LogP contribution in [0.4, 0.5) is 11.4 Å². The average Bonchev–Trinajstić information content (AvgIpc) is 2.88. The van der Waals surface area contributed by atoms with Crippen molar-refractivity contribution >= 4 is 29.7 Å². The summed E-state index contributed by atoms with van der Waals surface area (Å²) in [4.78, 5) is 20.2. The Bertz CT molecular complexity index is 925. The molecule has 226 valence electrons. The molecule has 1 aromatic carbocycles. The van der Waals surface area contributed by atoms with Gasteiger partial charge in [-0.15, -0.1) is 0 Å². The van der Waals surface area contributed by atoms with Gasteiger partial charge in [0.1, 0.15) is 5.69 Å². The van der Waals surface area contributed by atoms with Crippen LogP contribution in [0.15, 0.2) is 52.0 Å². The van der Waals surface area contributed by atoms with E-state index >= 15 is 0 Å². The van der Waals surface area contributed by atoms with Crippen LogP contribution in [0.2, 0.25) is 0 Å². The molecule has 1 aliphatic rings. The topological polar surface area (TPSA) is 31.8 Å². The second kappa shape index (κ2) is 18.6. The van der Waals surface area contributed by atoms with Gasteiger partial charge in [0, 0.05) is 55.8 Å². The van der Waals surface area contributed by atoms with Crippen LogP contribution in [0.1, 0.15) is 32.1 Å². The Kier molecular flexibility index (Phi) is 15.9. The summed E-state index contributed by atoms with van der Waals surface area (Å²) in [6, 6.07) is 6.64. The maximum atomic E-state index is 5.03. The van der Waals surface area contributed by atoms with E-state index in [0.717, 1.165) is 87.9 Å². The van der Waals surface area contributed by atoms with Crippen LogP contribution >= 0.6 is 0 Å². The molecule has 0 radical (unpaired) electrons. The third kappa shape index (κ3) is 13.7. The van der Waals surface area contributed by atoms with E-state index < -0.39 is 0 Å². The zero-order valence-corrected chi connectivity index (χ0v) is 27.8. The highest BCUT2D eigenvalue weighted by Crippen LogP contribution is 2.27. The largest absolute Gasteiger partial charge is 0.372 e. The van der Waals surface area contributed by atoms with Crippen LogP contribution < -0.4 is 4.90 Å². The monoisotopic (exact) mass is 572 g/mol. The molecule has 0 aromatic heterocycles. The number of nitrogens with zero attached hydrogens (tertiary/aromatic N) is 7. The van der Waals surface area contributed by atoms with Crippen LogP contribution in [0.3, 0.4) is 0 Å². The van der Waals surface area contributed by atoms with Crippen molar-refractivity contribution in [1.82, 2.24) is 24.5 Å². The first kappa shape index (κ1) is 34.4. The molecule has 0 aliphatic heterocycles. The summed E-state index contributed by atoms with van der Waals surface area (Å²) in [6.07, 6.45) is 12.3. The van der Waals surface area contributed by atoms with E-state index in [0.29, 0.717) is 0 Å². The summed E-state index contributed by atoms with van der Waals surface area (Å²) in [5.74, 6) is 0. The van der Waals surface area contributed by atoms with E-state index in [9.17, 15) is 0 Å². The van der Waals surface area contributed by atoms with Gasteiger partial charge in [-0.25, -0.2) is 4.99 Å². The molecule has 7 nitrogen and oxygen atoms in total. The van der Waals surface area contributed by atoms with Gasteiger partial charge in [-0.1, -0.05) is 6.08 Å². The van der Waals surface area contributed by atoms with Crippen LogP contribution in [0, 0.1) is 0 Å². The molecular weight excluding hydrogens is 514 g/mol. The molecule has 8 heteroatoms. The Balaban J connectivity index is 2.08. The van der Waals surface area contributed by atoms with Crippen LogP contribution in [0.25, 0.3) is 0 Å². The number of aliphatic imine (C=N–C) groups is 1. The van der Waals surface area contributed by atoms with Crippen molar-refractivity contribution in [3.8, 4) is 0 Å². The highest BCUT2D eigenvalue weighted by atomic mass is 32.1. The predicted molar refractivity (Wildman–Crippen MR) is 180 cm³/mol. The Morgan fingerprint density at radius 2 is 1.10 bits per heavy atom. The Morgan fingerprint density at radius 3 is 1.50 bits per heavy atom. The second-order valence-corrected chi connectivity index (χ2v) is 12.6. The minimum atomic E-state index is 0.859. The number of rotatable bonds is 19. The first-order valence-electron chi connectivity index (χ1n) is 15.0. The van der Waals surface area contributed by atoms with Gasteiger partial charge in [-0.2, -0.15) is 0 Å². The molecule has 0 N–H and O–H groups in total. The van der Waals surface area contributed by atoms with Crippen molar-refractivity contribution in [1.29, 1.82) is 0 Å². The molecule has 0 heterocycles. The molecule has 1 aliphatic carbocycles. The molecule has 2 rings (SSSR count). The van der Waals surface area contributed by atoms with E-state index in [2.05, 4.69) is 135 Å². The standard InChI is InChI=1S/C32H57N7S/c1-34(2)19-9-23-38(24-10-20-35(3)4)29-15-13-28(14-16-29)33-31-18-17-30(27-32(31)40)39(25-11-21-36(5)6)26-12-22-37(7)8/h13,15-18,27,40H,9-12,14,19-26H2,1-8H3/p+1. The third-order valence-corrected chi connectivity index (χ3v) is 7.48. The van der Waals surface area contributed by atoms with Crippen molar-refractivity contribution in [2.24, 2.45) is 4.99 Å². The van der Waals surface area contributed by atoms with Gasteiger partial charge in [0.2, 0.25) is 0 Å². The molecule has 0 saturated heterocycles. The molecule has 40 heavy (non-hydrogen) atoms. The molecule has 0 unspecified atom stereocenters. The average molecular weight is 573 g/mol. The van der Waals surface area contributed by atoms with Gasteiger partial charge in [0.15, 0.2) is 4.90 Å². The van der Waals surface area contributed by atoms with Crippen molar-refractivity contribution < 1.29 is 0 Å². The Morgan fingerprint density at radius 1 is 0.625 bits per heavy atom. The Labute approximate surface area is 251 Å². The summed E-state index contributed by atoms with van der Waals surface area (Å²) >= 11 is 3.89. The van der Waals surface area contributed by atoms with Gasteiger partial charge in [0.05, 0.1) is 0 Å². The summed E-state index contributed by atoms with van der Waals surface area (Å²) in [5, 5.41) is 0. The van der Waals surface area contributed by atoms with Crippen molar-refractivity contribution in [3.05, 3.63) is 42.1 Å². The lowest BCUT2D eigenvalue weighted by Gasteiger charge is -2.28. The normalized spacial score (nSPS) is 14.7. The third-order valence-electron chi connectivity index (χ3n) is 7.07. The van der Waals surface area contributed by atoms with Crippen LogP contribution in [-0.2, 0) is 12.6 Å². The second-order valence-electron chi connectivity index (χ2n) is 12.1. The maximum absolute atomic E-state index is 5.03. The zero-order chi connectivity index (χ0) is 29.5. The van der Waals surface area contributed by atoms with E-state index in [1.807, 2.05) is 0 Å². The lowest BCUT2D eigenvalue weighted by atomic mass is 10.1. The number of hydrogen-bond acceptors (Lipinski definition) is 7. The fourth-order valence-electron chi connectivity index (χ4n) is 4.87. The van der Waals surface area contributed by atoms with Gasteiger partial charge >= 0.3 is 0 Å². The molecule has 0 bridgehead atoms. The summed E-state index contributed by atoms with van der Waals surface area (Å²) in [6.45, 7) is 8.70. The fraction of sp³-hybridized carbons (Fsp3) is 0.656. The minimum absolute atomic E-state index is 0.859. The summed E-state index contributed by atoms with van der Waals surface area (Å²) in [5.41, 5.74) is 4.69. The summed E-state index contributed by atoms with van der Waals surface area (Å²) < 4.78 is 0. The number of anilines is 1. The van der Waals surface area contributed by atoms with E-state index in [-0.39, 0.29) is 0 Å². The molecule has 0 saturated carbocycles. The van der Waals surface area contributed by atoms with Crippen LogP contribution in [0.5, 0.6) is 0 Å². The van der Waals surface area contributed by atoms with Gasteiger partial charge in [0.25, 0.3) is 0 Å². The predicted octanol–water partition coefficient (Wildman–Crippen LogP) is 3.89. The van der Waals surface area contributed by atoms with Crippen molar-refractivity contribution in [2.75, 3.05) is 114 Å². The molecular formula is C32H58N7S+. The smallest absolute Gasteiger partial charge is 0.178 e. The Hall–Kier alpha value is -1.84. The lowest BCUT2D eigenvalue weighted by molar-refractivity contribution is 0.292.